The number of hydrogen-bond donors (Lipinski definition) is 4. The summed E-state index contributed by atoms with van der Waals surface area (Å²) in [6.07, 6.45) is -0.498. The van der Waals surface area contributed by atoms with Gasteiger partial charge in [0.25, 0.3) is 5.91 Å². The van der Waals surface area contributed by atoms with Crippen LogP contribution in [0.2, 0.25) is 5.02 Å². The molecule has 1 aliphatic rings. The Morgan fingerprint density at radius 3 is 2.17 bits per heavy atom. The zero-order chi connectivity index (χ0) is 41.5. The summed E-state index contributed by atoms with van der Waals surface area (Å²) in [6, 6.07) is 29.2. The largest absolute Gasteiger partial charge is 0.484 e. The average Bonchev–Trinajstić information content (AvgIpc) is 3.51. The lowest BCUT2D eigenvalue weighted by atomic mass is 9.98. The number of benzene rings is 4. The van der Waals surface area contributed by atoms with E-state index in [4.69, 9.17) is 25.8 Å². The average molecular weight is 828 g/mol. The molecule has 0 spiro atoms. The lowest BCUT2D eigenvalue weighted by Crippen LogP contribution is -2.46. The molecule has 4 N–H and O–H groups in total. The molecule has 0 fully saturated rings. The van der Waals surface area contributed by atoms with Gasteiger partial charge in [-0.3, -0.25) is 9.59 Å². The summed E-state index contributed by atoms with van der Waals surface area (Å²) in [7, 11) is 0. The molecule has 0 aliphatic heterocycles. The van der Waals surface area contributed by atoms with Crippen molar-refractivity contribution < 1.29 is 33.4 Å². The second kappa shape index (κ2) is 21.3. The second-order valence-electron chi connectivity index (χ2n) is 14.5. The highest BCUT2D eigenvalue weighted by Gasteiger charge is 2.31. The zero-order valence-electron chi connectivity index (χ0n) is 33.1. The number of ether oxygens (including phenoxy) is 3. The summed E-state index contributed by atoms with van der Waals surface area (Å²) in [4.78, 5) is 51.5. The number of carbonyl (C=O) groups is 4. The van der Waals surface area contributed by atoms with Crippen molar-refractivity contribution in [3.63, 3.8) is 0 Å². The van der Waals surface area contributed by atoms with Gasteiger partial charge in [0.15, 0.2) is 6.61 Å². The maximum atomic E-state index is 13.6. The Labute approximate surface area is 348 Å². The number of halogens is 1. The maximum Gasteiger partial charge on any atom is 0.407 e. The number of amides is 4. The van der Waals surface area contributed by atoms with Gasteiger partial charge in [0, 0.05) is 35.5 Å². The molecule has 0 saturated heterocycles. The first kappa shape index (κ1) is 43.6. The van der Waals surface area contributed by atoms with Crippen molar-refractivity contribution in [2.75, 3.05) is 32.1 Å². The lowest BCUT2D eigenvalue weighted by Gasteiger charge is -2.24. The van der Waals surface area contributed by atoms with Crippen molar-refractivity contribution in [3.8, 4) is 16.9 Å². The van der Waals surface area contributed by atoms with Crippen LogP contribution >= 0.6 is 23.4 Å². The zero-order valence-corrected chi connectivity index (χ0v) is 34.7. The van der Waals surface area contributed by atoms with Gasteiger partial charge in [0.1, 0.15) is 18.0 Å². The number of hydrogen-bond acceptors (Lipinski definition) is 9. The molecule has 12 nitrogen and oxygen atoms in total. The number of carbonyl (C=O) groups excluding carboxylic acids is 4. The van der Waals surface area contributed by atoms with E-state index in [2.05, 4.69) is 38.6 Å². The molecular formula is C44H50ClN5O7S. The Morgan fingerprint density at radius 2 is 1.52 bits per heavy atom. The molecule has 58 heavy (non-hydrogen) atoms. The normalized spacial score (nSPS) is 12.7. The molecular weight excluding hydrogens is 778 g/mol. The first-order valence-corrected chi connectivity index (χ1v) is 20.7. The van der Waals surface area contributed by atoms with Crippen LogP contribution in [0.3, 0.4) is 0 Å². The molecule has 306 valence electrons. The lowest BCUT2D eigenvalue weighted by molar-refractivity contribution is -0.155. The van der Waals surface area contributed by atoms with Gasteiger partial charge in [-0.05, 0) is 85.7 Å². The molecule has 0 radical (unpaired) electrons. The highest BCUT2D eigenvalue weighted by molar-refractivity contribution is 7.99. The van der Waals surface area contributed by atoms with Crippen molar-refractivity contribution in [2.24, 2.45) is 5.10 Å². The molecule has 5 rings (SSSR count). The third kappa shape index (κ3) is 13.3. The van der Waals surface area contributed by atoms with E-state index in [9.17, 15) is 19.2 Å². The third-order valence-corrected chi connectivity index (χ3v) is 10.3. The number of nitrogens with zero attached hydrogens (tertiary/aromatic N) is 1. The molecule has 1 aliphatic carbocycles. The van der Waals surface area contributed by atoms with Crippen molar-refractivity contribution in [2.45, 2.75) is 63.9 Å². The summed E-state index contributed by atoms with van der Waals surface area (Å²) in [5, 5.41) is 13.4. The van der Waals surface area contributed by atoms with Gasteiger partial charge in [-0.2, -0.15) is 16.9 Å². The molecule has 0 saturated carbocycles. The van der Waals surface area contributed by atoms with Crippen LogP contribution in [0.1, 0.15) is 62.3 Å². The molecule has 0 heterocycles. The standard InChI is InChI=1S/C44H50ClN5O7S/c1-5-46-40(51)26-55-31-20-18-29(19-21-31)22-23-47-42(53)50-49-39(28-58-27-30-12-6-11-17-37(30)45)38(24-41(52)57-44(2,3)4)48-43(54)56-25-36-34-15-9-7-13-32(34)33-14-8-10-16-35(33)36/h6-21,36,38H,5,22-28H2,1-4H3,(H,46,51)(H,48,54)(H2,47,50,53)/b49-39+/t38-/m0/s1. The first-order valence-electron chi connectivity index (χ1n) is 19.1. The summed E-state index contributed by atoms with van der Waals surface area (Å²) in [6.45, 7) is 7.93. The Morgan fingerprint density at radius 1 is 0.862 bits per heavy atom. The highest BCUT2D eigenvalue weighted by Crippen LogP contribution is 2.44. The molecule has 4 aromatic carbocycles. The first-order chi connectivity index (χ1) is 27.9. The summed E-state index contributed by atoms with van der Waals surface area (Å²) in [5.41, 5.74) is 8.24. The minimum absolute atomic E-state index is 0.0687. The predicted octanol–water partition coefficient (Wildman–Crippen LogP) is 7.63. The predicted molar refractivity (Wildman–Crippen MR) is 228 cm³/mol. The van der Waals surface area contributed by atoms with Crippen LogP contribution in [-0.2, 0) is 31.2 Å². The van der Waals surface area contributed by atoms with E-state index in [1.54, 1.807) is 39.0 Å². The van der Waals surface area contributed by atoms with Crippen molar-refractivity contribution in [1.82, 2.24) is 21.4 Å². The van der Waals surface area contributed by atoms with Crippen LogP contribution in [-0.4, -0.2) is 73.4 Å². The van der Waals surface area contributed by atoms with Crippen LogP contribution in [0.15, 0.2) is 102 Å². The van der Waals surface area contributed by atoms with Gasteiger partial charge in [0.2, 0.25) is 0 Å². The molecule has 14 heteroatoms. The number of likely N-dealkylation sites (N-methyl/N-ethyl adjacent to an activating group) is 1. The van der Waals surface area contributed by atoms with Gasteiger partial charge in [-0.25, -0.2) is 15.0 Å². The molecule has 0 bridgehead atoms. The van der Waals surface area contributed by atoms with E-state index in [1.165, 1.54) is 11.8 Å². The summed E-state index contributed by atoms with van der Waals surface area (Å²) in [5.74, 6) is 0.350. The Bertz CT molecular complexity index is 2030. The molecule has 4 aromatic rings. The fourth-order valence-electron chi connectivity index (χ4n) is 6.31. The topological polar surface area (TPSA) is 156 Å². The summed E-state index contributed by atoms with van der Waals surface area (Å²) >= 11 is 7.88. The van der Waals surface area contributed by atoms with Gasteiger partial charge < -0.3 is 30.2 Å². The fourth-order valence-corrected chi connectivity index (χ4v) is 7.64. The number of urea groups is 1. The number of fused-ring (bicyclic) bond motifs is 3. The Balaban J connectivity index is 1.27. The van der Waals surface area contributed by atoms with Crippen LogP contribution in [0.4, 0.5) is 9.59 Å². The smallest absolute Gasteiger partial charge is 0.407 e. The highest BCUT2D eigenvalue weighted by atomic mass is 35.5. The van der Waals surface area contributed by atoms with E-state index in [0.29, 0.717) is 35.2 Å². The molecule has 1 atom stereocenters. The Hall–Kier alpha value is -5.53. The van der Waals surface area contributed by atoms with Crippen LogP contribution in [0.25, 0.3) is 11.1 Å². The van der Waals surface area contributed by atoms with E-state index >= 15 is 0 Å². The fraction of sp³-hybridized carbons (Fsp3) is 0.341. The number of esters is 1. The monoisotopic (exact) mass is 827 g/mol. The van der Waals surface area contributed by atoms with Crippen molar-refractivity contribution in [1.29, 1.82) is 0 Å². The molecule has 0 unspecified atom stereocenters. The number of rotatable bonds is 18. The van der Waals surface area contributed by atoms with E-state index in [0.717, 1.165) is 33.4 Å². The van der Waals surface area contributed by atoms with E-state index in [-0.39, 0.29) is 43.8 Å². The minimum atomic E-state index is -0.988. The van der Waals surface area contributed by atoms with Crippen LogP contribution in [0.5, 0.6) is 5.75 Å². The maximum absolute atomic E-state index is 13.6. The molecule has 0 aromatic heterocycles. The van der Waals surface area contributed by atoms with Crippen molar-refractivity contribution >= 4 is 53.1 Å². The van der Waals surface area contributed by atoms with Crippen LogP contribution < -0.4 is 26.1 Å². The van der Waals surface area contributed by atoms with Gasteiger partial charge in [-0.1, -0.05) is 90.5 Å². The van der Waals surface area contributed by atoms with Crippen LogP contribution in [0, 0.1) is 0 Å². The Kier molecular flexibility index (Phi) is 16.0. The van der Waals surface area contributed by atoms with E-state index in [1.807, 2.05) is 73.7 Å². The number of nitrogens with one attached hydrogen (secondary N) is 4. The SMILES string of the molecule is CCNC(=O)COc1ccc(CCNC(=O)N/N=C(\CSCc2ccccc2Cl)[C@H](CC(=O)OC(C)(C)C)NC(=O)OCC2c3ccccc3-c3ccccc32)cc1. The minimum Gasteiger partial charge on any atom is -0.484 e. The van der Waals surface area contributed by atoms with E-state index < -0.39 is 29.7 Å². The number of hydrazone groups is 1. The number of alkyl carbamates (subject to hydrolysis) is 1. The third-order valence-electron chi connectivity index (χ3n) is 8.96. The van der Waals surface area contributed by atoms with Crippen molar-refractivity contribution in [3.05, 3.63) is 124 Å². The van der Waals surface area contributed by atoms with Gasteiger partial charge in [-0.15, -0.1) is 0 Å². The quantitative estimate of drug-likeness (QED) is 0.0454. The second-order valence-corrected chi connectivity index (χ2v) is 15.9. The van der Waals surface area contributed by atoms with Gasteiger partial charge in [0.05, 0.1) is 18.2 Å². The summed E-state index contributed by atoms with van der Waals surface area (Å²) < 4.78 is 17.0. The number of thioether (sulfide) groups is 1. The molecule has 4 amide bonds. The van der Waals surface area contributed by atoms with Gasteiger partial charge >= 0.3 is 18.1 Å².